The Bertz CT molecular complexity index is 546. The van der Waals surface area contributed by atoms with Crippen LogP contribution in [0.25, 0.3) is 0 Å². The minimum absolute atomic E-state index is 0.166. The van der Waals surface area contributed by atoms with Crippen LogP contribution in [0.1, 0.15) is 55.5 Å². The van der Waals surface area contributed by atoms with Crippen molar-refractivity contribution < 1.29 is 4.79 Å². The van der Waals surface area contributed by atoms with Gasteiger partial charge in [0.1, 0.15) is 0 Å². The van der Waals surface area contributed by atoms with Crippen molar-refractivity contribution in [1.82, 2.24) is 4.90 Å². The first-order valence-electron chi connectivity index (χ1n) is 7.75. The van der Waals surface area contributed by atoms with Crippen molar-refractivity contribution in [3.63, 3.8) is 0 Å². The maximum atomic E-state index is 12.4. The summed E-state index contributed by atoms with van der Waals surface area (Å²) < 4.78 is 0. The molecule has 0 aromatic heterocycles. The Hall–Kier alpha value is -1.57. The molecule has 2 unspecified atom stereocenters. The molecule has 1 amide bonds. The summed E-state index contributed by atoms with van der Waals surface area (Å²) in [6.07, 6.45) is 7.04. The molecule has 1 fully saturated rings. The standard InChI is InChI=1S/C18H23NO/c1-3-14-8-13(2)9-15(10-14)11-19-12-16-6-4-5-7-17(16)18(19)20/h4-7,11,13-14H,3,8-10,12H2,1-2H3/b15-11+. The van der Waals surface area contributed by atoms with Crippen LogP contribution in [-0.4, -0.2) is 10.8 Å². The highest BCUT2D eigenvalue weighted by Crippen LogP contribution is 2.35. The molecular weight excluding hydrogens is 246 g/mol. The molecule has 1 aromatic carbocycles. The van der Waals surface area contributed by atoms with E-state index in [4.69, 9.17) is 0 Å². The first-order chi connectivity index (χ1) is 9.67. The summed E-state index contributed by atoms with van der Waals surface area (Å²) in [5, 5.41) is 0. The Kier molecular flexibility index (Phi) is 3.64. The number of nitrogens with zero attached hydrogens (tertiary/aromatic N) is 1. The summed E-state index contributed by atoms with van der Waals surface area (Å²) in [7, 11) is 0. The minimum atomic E-state index is 0.166. The molecule has 0 radical (unpaired) electrons. The Morgan fingerprint density at radius 2 is 2.10 bits per heavy atom. The van der Waals surface area contributed by atoms with E-state index in [1.54, 1.807) is 0 Å². The predicted molar refractivity (Wildman–Crippen MR) is 81.2 cm³/mol. The van der Waals surface area contributed by atoms with Gasteiger partial charge in [0.05, 0.1) is 6.54 Å². The van der Waals surface area contributed by atoms with Crippen molar-refractivity contribution in [2.75, 3.05) is 0 Å². The number of benzene rings is 1. The van der Waals surface area contributed by atoms with Gasteiger partial charge in [0.15, 0.2) is 0 Å². The zero-order valence-corrected chi connectivity index (χ0v) is 12.4. The van der Waals surface area contributed by atoms with Gasteiger partial charge in [-0.25, -0.2) is 0 Å². The molecule has 2 aliphatic rings. The predicted octanol–water partition coefficient (Wildman–Crippen LogP) is 4.37. The Morgan fingerprint density at radius 1 is 1.30 bits per heavy atom. The number of carbonyl (C=O) groups is 1. The molecule has 2 heteroatoms. The average molecular weight is 269 g/mol. The quantitative estimate of drug-likeness (QED) is 0.780. The number of allylic oxidation sites excluding steroid dienone is 1. The maximum absolute atomic E-state index is 12.4. The van der Waals surface area contributed by atoms with Gasteiger partial charge in [0.2, 0.25) is 0 Å². The van der Waals surface area contributed by atoms with Gasteiger partial charge < -0.3 is 4.90 Å². The molecule has 106 valence electrons. The zero-order chi connectivity index (χ0) is 14.1. The molecule has 2 nitrogen and oxygen atoms in total. The Balaban J connectivity index is 1.78. The van der Waals surface area contributed by atoms with Crippen LogP contribution >= 0.6 is 0 Å². The number of rotatable bonds is 2. The van der Waals surface area contributed by atoms with Gasteiger partial charge in [-0.05, 0) is 42.7 Å². The van der Waals surface area contributed by atoms with Crippen molar-refractivity contribution in [3.05, 3.63) is 47.2 Å². The first-order valence-corrected chi connectivity index (χ1v) is 7.75. The van der Waals surface area contributed by atoms with Gasteiger partial charge in [0.25, 0.3) is 5.91 Å². The number of fused-ring (bicyclic) bond motifs is 1. The molecular formula is C18H23NO. The van der Waals surface area contributed by atoms with E-state index in [0.29, 0.717) is 0 Å². The van der Waals surface area contributed by atoms with Gasteiger partial charge in [-0.3, -0.25) is 4.79 Å². The summed E-state index contributed by atoms with van der Waals surface area (Å²) in [5.41, 5.74) is 3.49. The monoisotopic (exact) mass is 269 g/mol. The fourth-order valence-corrected chi connectivity index (χ4v) is 3.66. The number of amides is 1. The third kappa shape index (κ3) is 2.52. The second-order valence-corrected chi connectivity index (χ2v) is 6.40. The topological polar surface area (TPSA) is 20.3 Å². The van der Waals surface area contributed by atoms with Crippen LogP contribution in [0.15, 0.2) is 36.0 Å². The molecule has 0 spiro atoms. The highest BCUT2D eigenvalue weighted by Gasteiger charge is 2.27. The van der Waals surface area contributed by atoms with E-state index < -0.39 is 0 Å². The first kappa shape index (κ1) is 13.4. The van der Waals surface area contributed by atoms with E-state index in [2.05, 4.69) is 26.1 Å². The molecule has 2 atom stereocenters. The highest BCUT2D eigenvalue weighted by molar-refractivity contribution is 5.98. The van der Waals surface area contributed by atoms with Crippen molar-refractivity contribution in [3.8, 4) is 0 Å². The molecule has 0 bridgehead atoms. The van der Waals surface area contributed by atoms with Gasteiger partial charge >= 0.3 is 0 Å². The number of hydrogen-bond acceptors (Lipinski definition) is 1. The molecule has 1 heterocycles. The third-order valence-electron chi connectivity index (χ3n) is 4.66. The molecule has 1 aliphatic heterocycles. The summed E-state index contributed by atoms with van der Waals surface area (Å²) in [5.74, 6) is 1.71. The fourth-order valence-electron chi connectivity index (χ4n) is 3.66. The molecule has 1 aliphatic carbocycles. The SMILES string of the molecule is CCC1C/C(=C/N2Cc3ccccc3C2=O)CC(C)C1. The molecule has 3 rings (SSSR count). The third-order valence-corrected chi connectivity index (χ3v) is 4.66. The lowest BCUT2D eigenvalue weighted by Gasteiger charge is -2.29. The van der Waals surface area contributed by atoms with Gasteiger partial charge in [0, 0.05) is 11.8 Å². The maximum Gasteiger partial charge on any atom is 0.258 e. The minimum Gasteiger partial charge on any atom is -0.311 e. The molecule has 0 N–H and O–H groups in total. The van der Waals surface area contributed by atoms with Crippen LogP contribution in [0.2, 0.25) is 0 Å². The van der Waals surface area contributed by atoms with Crippen molar-refractivity contribution in [1.29, 1.82) is 0 Å². The molecule has 0 saturated heterocycles. The summed E-state index contributed by atoms with van der Waals surface area (Å²) >= 11 is 0. The van der Waals surface area contributed by atoms with Gasteiger partial charge in [-0.2, -0.15) is 0 Å². The highest BCUT2D eigenvalue weighted by atomic mass is 16.2. The van der Waals surface area contributed by atoms with Crippen LogP contribution in [0.4, 0.5) is 0 Å². The fraction of sp³-hybridized carbons (Fsp3) is 0.500. The van der Waals surface area contributed by atoms with E-state index in [1.807, 2.05) is 23.1 Å². The Labute approximate surface area is 121 Å². The van der Waals surface area contributed by atoms with Crippen LogP contribution < -0.4 is 0 Å². The van der Waals surface area contributed by atoms with Crippen molar-refractivity contribution in [2.45, 2.75) is 46.1 Å². The zero-order valence-electron chi connectivity index (χ0n) is 12.4. The second-order valence-electron chi connectivity index (χ2n) is 6.40. The summed E-state index contributed by atoms with van der Waals surface area (Å²) in [4.78, 5) is 14.3. The number of carbonyl (C=O) groups excluding carboxylic acids is 1. The number of hydrogen-bond donors (Lipinski definition) is 0. The van der Waals surface area contributed by atoms with Crippen LogP contribution in [0.3, 0.4) is 0 Å². The van der Waals surface area contributed by atoms with Crippen LogP contribution in [0, 0.1) is 11.8 Å². The average Bonchev–Trinajstić information content (AvgIpc) is 2.75. The largest absolute Gasteiger partial charge is 0.311 e. The molecule has 20 heavy (non-hydrogen) atoms. The van der Waals surface area contributed by atoms with E-state index >= 15 is 0 Å². The van der Waals surface area contributed by atoms with Crippen LogP contribution in [-0.2, 0) is 6.54 Å². The van der Waals surface area contributed by atoms with Crippen molar-refractivity contribution >= 4 is 5.91 Å². The normalized spacial score (nSPS) is 28.0. The summed E-state index contributed by atoms with van der Waals surface area (Å²) in [6, 6.07) is 7.96. The molecule has 1 aromatic rings. The van der Waals surface area contributed by atoms with Gasteiger partial charge in [-0.1, -0.05) is 44.0 Å². The van der Waals surface area contributed by atoms with E-state index in [1.165, 1.54) is 24.8 Å². The Morgan fingerprint density at radius 3 is 2.85 bits per heavy atom. The second kappa shape index (κ2) is 5.43. The van der Waals surface area contributed by atoms with E-state index in [-0.39, 0.29) is 5.91 Å². The van der Waals surface area contributed by atoms with Gasteiger partial charge in [-0.15, -0.1) is 0 Å². The lowest BCUT2D eigenvalue weighted by atomic mass is 9.78. The van der Waals surface area contributed by atoms with Crippen molar-refractivity contribution in [2.24, 2.45) is 11.8 Å². The van der Waals surface area contributed by atoms with E-state index in [9.17, 15) is 4.79 Å². The molecule has 1 saturated carbocycles. The smallest absolute Gasteiger partial charge is 0.258 e. The lowest BCUT2D eigenvalue weighted by molar-refractivity contribution is 0.0839. The lowest BCUT2D eigenvalue weighted by Crippen LogP contribution is -2.21. The summed E-state index contributed by atoms with van der Waals surface area (Å²) in [6.45, 7) is 5.34. The van der Waals surface area contributed by atoms with Crippen LogP contribution in [0.5, 0.6) is 0 Å². The van der Waals surface area contributed by atoms with E-state index in [0.717, 1.165) is 35.9 Å².